The summed E-state index contributed by atoms with van der Waals surface area (Å²) in [5.41, 5.74) is -0.107. The number of hydrogen-bond donors (Lipinski definition) is 0. The largest absolute Gasteiger partial charge is 0.416 e. The van der Waals surface area contributed by atoms with E-state index in [0.717, 1.165) is 25.7 Å². The minimum Gasteiger partial charge on any atom is -0.247 e. The second-order valence-corrected chi connectivity index (χ2v) is 5.62. The van der Waals surface area contributed by atoms with Gasteiger partial charge in [0.2, 0.25) is 0 Å². The van der Waals surface area contributed by atoms with Gasteiger partial charge >= 0.3 is 6.18 Å². The first-order chi connectivity index (χ1) is 9.25. The summed E-state index contributed by atoms with van der Waals surface area (Å²) >= 11 is 0. The van der Waals surface area contributed by atoms with Gasteiger partial charge < -0.3 is 0 Å². The van der Waals surface area contributed by atoms with Gasteiger partial charge in [-0.2, -0.15) is 13.2 Å². The van der Waals surface area contributed by atoms with Crippen LogP contribution in [0.1, 0.15) is 39.5 Å². The average Bonchev–Trinajstić information content (AvgIpc) is 2.37. The van der Waals surface area contributed by atoms with E-state index >= 15 is 0 Å². The summed E-state index contributed by atoms with van der Waals surface area (Å²) in [4.78, 5) is 0. The first kappa shape index (κ1) is 17.0. The molecule has 4 heteroatoms. The van der Waals surface area contributed by atoms with E-state index in [-0.39, 0.29) is 11.5 Å². The molecule has 1 aliphatic rings. The highest BCUT2D eigenvalue weighted by Crippen LogP contribution is 2.36. The van der Waals surface area contributed by atoms with Crippen LogP contribution < -0.4 is 0 Å². The van der Waals surface area contributed by atoms with Gasteiger partial charge in [0.15, 0.2) is 0 Å². The summed E-state index contributed by atoms with van der Waals surface area (Å²) in [6.07, 6.45) is 2.33. The van der Waals surface area contributed by atoms with E-state index in [9.17, 15) is 17.6 Å². The molecule has 1 fully saturated rings. The van der Waals surface area contributed by atoms with Gasteiger partial charge in [-0.1, -0.05) is 38.5 Å². The molecule has 1 rings (SSSR count). The fraction of sp³-hybridized carbons (Fsp3) is 0.625. The standard InChI is InChI=1S/C16H22F4/c1-11-4-6-14(7-5-11)15(8-9-17)10-12(2)13(3)16(18,19)20/h8,10-11,14H,3-7,9H2,1-2H3/b12-10-,15-8+. The third-order valence-corrected chi connectivity index (χ3v) is 4.00. The Labute approximate surface area is 118 Å². The van der Waals surface area contributed by atoms with Crippen molar-refractivity contribution >= 4 is 0 Å². The van der Waals surface area contributed by atoms with Gasteiger partial charge in [0, 0.05) is 0 Å². The number of halogens is 4. The highest BCUT2D eigenvalue weighted by molar-refractivity contribution is 5.37. The van der Waals surface area contributed by atoms with Crippen LogP contribution in [-0.4, -0.2) is 12.9 Å². The SMILES string of the molecule is C=C(/C(C)=C\C(=C/CF)C1CCC(C)CC1)C(F)(F)F. The van der Waals surface area contributed by atoms with E-state index in [1.807, 2.05) is 0 Å². The molecule has 0 saturated heterocycles. The van der Waals surface area contributed by atoms with Crippen molar-refractivity contribution in [2.24, 2.45) is 11.8 Å². The Hall–Kier alpha value is -1.06. The fourth-order valence-corrected chi connectivity index (χ4v) is 2.59. The molecule has 20 heavy (non-hydrogen) atoms. The molecule has 0 aromatic heterocycles. The number of hydrogen-bond acceptors (Lipinski definition) is 0. The van der Waals surface area contributed by atoms with Crippen molar-refractivity contribution in [1.29, 1.82) is 0 Å². The lowest BCUT2D eigenvalue weighted by Gasteiger charge is -2.27. The van der Waals surface area contributed by atoms with Gasteiger partial charge in [0.05, 0.1) is 5.57 Å². The monoisotopic (exact) mass is 290 g/mol. The lowest BCUT2D eigenvalue weighted by Crippen LogP contribution is -2.15. The van der Waals surface area contributed by atoms with Crippen LogP contribution in [0.2, 0.25) is 0 Å². The van der Waals surface area contributed by atoms with Crippen LogP contribution in [0.15, 0.2) is 35.5 Å². The average molecular weight is 290 g/mol. The van der Waals surface area contributed by atoms with Crippen LogP contribution in [0.5, 0.6) is 0 Å². The molecule has 0 aliphatic heterocycles. The molecule has 0 bridgehead atoms. The summed E-state index contributed by atoms with van der Waals surface area (Å²) in [5.74, 6) is 0.811. The summed E-state index contributed by atoms with van der Waals surface area (Å²) in [6, 6.07) is 0. The molecule has 0 atom stereocenters. The predicted octanol–water partition coefficient (Wildman–Crippen LogP) is 5.77. The Bertz CT molecular complexity index is 393. The number of allylic oxidation sites excluding steroid dienone is 5. The highest BCUT2D eigenvalue weighted by Gasteiger charge is 2.33. The van der Waals surface area contributed by atoms with Gasteiger partial charge in [-0.25, -0.2) is 4.39 Å². The van der Waals surface area contributed by atoms with Crippen LogP contribution >= 0.6 is 0 Å². The van der Waals surface area contributed by atoms with Crippen LogP contribution in [0.3, 0.4) is 0 Å². The van der Waals surface area contributed by atoms with E-state index in [2.05, 4.69) is 13.5 Å². The van der Waals surface area contributed by atoms with Crippen LogP contribution in [0, 0.1) is 11.8 Å². The molecule has 0 aromatic carbocycles. The molecule has 0 N–H and O–H groups in total. The van der Waals surface area contributed by atoms with Crippen molar-refractivity contribution in [2.45, 2.75) is 45.7 Å². The topological polar surface area (TPSA) is 0 Å². The summed E-state index contributed by atoms with van der Waals surface area (Å²) in [5, 5.41) is 0. The number of rotatable bonds is 4. The molecule has 0 nitrogen and oxygen atoms in total. The van der Waals surface area contributed by atoms with Crippen molar-refractivity contribution in [3.63, 3.8) is 0 Å². The third-order valence-electron chi connectivity index (χ3n) is 4.00. The molecule has 0 heterocycles. The van der Waals surface area contributed by atoms with Gasteiger partial charge in [-0.15, -0.1) is 0 Å². The highest BCUT2D eigenvalue weighted by atomic mass is 19.4. The zero-order valence-electron chi connectivity index (χ0n) is 12.1. The van der Waals surface area contributed by atoms with Gasteiger partial charge in [0.25, 0.3) is 0 Å². The Morgan fingerprint density at radius 3 is 2.20 bits per heavy atom. The van der Waals surface area contributed by atoms with Crippen molar-refractivity contribution < 1.29 is 17.6 Å². The van der Waals surface area contributed by atoms with Crippen LogP contribution in [0.4, 0.5) is 17.6 Å². The lowest BCUT2D eigenvalue weighted by atomic mass is 9.78. The van der Waals surface area contributed by atoms with Gasteiger partial charge in [-0.05, 0) is 42.7 Å². The zero-order valence-corrected chi connectivity index (χ0v) is 12.1. The summed E-state index contributed by atoms with van der Waals surface area (Å²) < 4.78 is 50.4. The van der Waals surface area contributed by atoms with Crippen molar-refractivity contribution in [1.82, 2.24) is 0 Å². The van der Waals surface area contributed by atoms with Crippen molar-refractivity contribution in [3.8, 4) is 0 Å². The Kier molecular flexibility index (Phi) is 6.03. The maximum atomic E-state index is 12.6. The second kappa shape index (κ2) is 7.09. The molecule has 1 saturated carbocycles. The first-order valence-corrected chi connectivity index (χ1v) is 6.96. The molecule has 0 aromatic rings. The molecule has 1 aliphatic carbocycles. The molecule has 0 amide bonds. The predicted molar refractivity (Wildman–Crippen MR) is 74.1 cm³/mol. The lowest BCUT2D eigenvalue weighted by molar-refractivity contribution is -0.0889. The zero-order chi connectivity index (χ0) is 15.3. The van der Waals surface area contributed by atoms with E-state index in [1.54, 1.807) is 0 Å². The van der Waals surface area contributed by atoms with Crippen LogP contribution in [0.25, 0.3) is 0 Å². The Balaban J connectivity index is 2.87. The smallest absolute Gasteiger partial charge is 0.247 e. The van der Waals surface area contributed by atoms with Crippen LogP contribution in [-0.2, 0) is 0 Å². The molecule has 114 valence electrons. The third kappa shape index (κ3) is 4.80. The summed E-state index contributed by atoms with van der Waals surface area (Å²) in [6.45, 7) is 5.98. The van der Waals surface area contributed by atoms with E-state index in [1.165, 1.54) is 19.1 Å². The van der Waals surface area contributed by atoms with Crippen molar-refractivity contribution in [3.05, 3.63) is 35.5 Å². The maximum absolute atomic E-state index is 12.6. The van der Waals surface area contributed by atoms with E-state index < -0.39 is 18.4 Å². The second-order valence-electron chi connectivity index (χ2n) is 5.62. The summed E-state index contributed by atoms with van der Waals surface area (Å²) in [7, 11) is 0. The molecular weight excluding hydrogens is 268 g/mol. The molecular formula is C16H22F4. The quantitative estimate of drug-likeness (QED) is 0.455. The number of alkyl halides is 4. The van der Waals surface area contributed by atoms with Crippen molar-refractivity contribution in [2.75, 3.05) is 6.67 Å². The minimum absolute atomic E-state index is 0.0656. The van der Waals surface area contributed by atoms with Gasteiger partial charge in [-0.3, -0.25) is 0 Å². The Morgan fingerprint density at radius 2 is 1.75 bits per heavy atom. The van der Waals surface area contributed by atoms with E-state index in [0.29, 0.717) is 11.5 Å². The maximum Gasteiger partial charge on any atom is 0.416 e. The Morgan fingerprint density at radius 1 is 1.20 bits per heavy atom. The molecule has 0 spiro atoms. The van der Waals surface area contributed by atoms with Gasteiger partial charge in [0.1, 0.15) is 6.67 Å². The first-order valence-electron chi connectivity index (χ1n) is 6.96. The molecule has 0 unspecified atom stereocenters. The molecule has 0 radical (unpaired) electrons. The van der Waals surface area contributed by atoms with E-state index in [4.69, 9.17) is 0 Å². The fourth-order valence-electron chi connectivity index (χ4n) is 2.59. The minimum atomic E-state index is -4.43. The normalized spacial score (nSPS) is 25.7.